The quantitative estimate of drug-likeness (QED) is 0.824. The van der Waals surface area contributed by atoms with Crippen molar-refractivity contribution in [3.63, 3.8) is 0 Å². The van der Waals surface area contributed by atoms with E-state index in [0.717, 1.165) is 44.4 Å². The van der Waals surface area contributed by atoms with E-state index in [2.05, 4.69) is 46.7 Å². The number of ether oxygens (including phenoxy) is 1. The van der Waals surface area contributed by atoms with E-state index in [1.807, 2.05) is 6.07 Å². The van der Waals surface area contributed by atoms with Crippen LogP contribution in [0.15, 0.2) is 18.2 Å². The molecular formula is C18H25NO2Se. The van der Waals surface area contributed by atoms with Gasteiger partial charge in [-0.2, -0.15) is 0 Å². The Morgan fingerprint density at radius 3 is 2.55 bits per heavy atom. The van der Waals surface area contributed by atoms with E-state index >= 15 is 0 Å². The van der Waals surface area contributed by atoms with Gasteiger partial charge in [-0.1, -0.05) is 0 Å². The molecule has 0 aliphatic heterocycles. The molecule has 22 heavy (non-hydrogen) atoms. The van der Waals surface area contributed by atoms with Gasteiger partial charge < -0.3 is 0 Å². The molecule has 0 radical (unpaired) electrons. The maximum atomic E-state index is 11.5. The first kappa shape index (κ1) is 16.2. The van der Waals surface area contributed by atoms with Crippen molar-refractivity contribution in [2.45, 2.75) is 43.1 Å². The minimum absolute atomic E-state index is 0.166. The Kier molecular flexibility index (Phi) is 4.24. The van der Waals surface area contributed by atoms with E-state index in [9.17, 15) is 5.11 Å². The monoisotopic (exact) mass is 367 g/mol. The molecular weight excluding hydrogens is 341 g/mol. The molecule has 1 N–H and O–H groups in total. The van der Waals surface area contributed by atoms with Gasteiger partial charge in [0.2, 0.25) is 0 Å². The van der Waals surface area contributed by atoms with Crippen LogP contribution in [0.5, 0.6) is 5.75 Å². The van der Waals surface area contributed by atoms with Gasteiger partial charge in [0.05, 0.1) is 0 Å². The predicted octanol–water partition coefficient (Wildman–Crippen LogP) is 1.70. The van der Waals surface area contributed by atoms with E-state index < -0.39 is 5.60 Å². The van der Waals surface area contributed by atoms with Crippen LogP contribution in [0.1, 0.15) is 36.8 Å². The molecule has 1 aromatic carbocycles. The third-order valence-electron chi connectivity index (χ3n) is 5.44. The third-order valence-corrected chi connectivity index (χ3v) is 6.29. The van der Waals surface area contributed by atoms with Crippen LogP contribution in [0.25, 0.3) is 0 Å². The van der Waals surface area contributed by atoms with E-state index in [4.69, 9.17) is 4.74 Å². The zero-order valence-electron chi connectivity index (χ0n) is 13.7. The number of nitrogens with zero attached hydrogens (tertiary/aromatic N) is 1. The van der Waals surface area contributed by atoms with Gasteiger partial charge >= 0.3 is 141 Å². The molecule has 0 amide bonds. The van der Waals surface area contributed by atoms with Gasteiger partial charge in [-0.25, -0.2) is 0 Å². The summed E-state index contributed by atoms with van der Waals surface area (Å²) in [7, 11) is 5.89. The number of aliphatic hydroxyl groups is 1. The minimum atomic E-state index is -0.621. The summed E-state index contributed by atoms with van der Waals surface area (Å²) in [6.07, 6.45) is 4.64. The van der Waals surface area contributed by atoms with Gasteiger partial charge in [0.15, 0.2) is 0 Å². The Balaban J connectivity index is 2.02. The molecule has 3 rings (SSSR count). The first-order chi connectivity index (χ1) is 10.4. The summed E-state index contributed by atoms with van der Waals surface area (Å²) in [5.41, 5.74) is 1.85. The molecule has 1 fully saturated rings. The Morgan fingerprint density at radius 2 is 1.95 bits per heavy atom. The van der Waals surface area contributed by atoms with Crippen molar-refractivity contribution < 1.29 is 9.84 Å². The van der Waals surface area contributed by atoms with Gasteiger partial charge in [-0.15, -0.1) is 0 Å². The fourth-order valence-electron chi connectivity index (χ4n) is 4.26. The first-order valence-electron chi connectivity index (χ1n) is 7.96. The van der Waals surface area contributed by atoms with Crippen LogP contribution in [0, 0.1) is 0 Å². The van der Waals surface area contributed by atoms with Crippen molar-refractivity contribution in [1.29, 1.82) is 0 Å². The summed E-state index contributed by atoms with van der Waals surface area (Å²) < 4.78 is 6.81. The van der Waals surface area contributed by atoms with Crippen molar-refractivity contribution in [2.24, 2.45) is 0 Å². The fraction of sp³-hybridized carbons (Fsp3) is 0.611. The van der Waals surface area contributed by atoms with Crippen LogP contribution in [-0.4, -0.2) is 63.4 Å². The third kappa shape index (κ3) is 2.46. The van der Waals surface area contributed by atoms with Crippen LogP contribution in [0.4, 0.5) is 0 Å². The molecule has 1 saturated carbocycles. The summed E-state index contributed by atoms with van der Waals surface area (Å²) in [5, 5.41) is 11.5. The summed E-state index contributed by atoms with van der Waals surface area (Å²) >= 11 is 3.16. The van der Waals surface area contributed by atoms with Gasteiger partial charge in [0.1, 0.15) is 0 Å². The summed E-state index contributed by atoms with van der Waals surface area (Å²) in [5.74, 6) is 0.886. The molecule has 1 atom stereocenters. The SMILES string of the molecule is COc1ccc2c(c1)C(CN(C)C)(C1(O)CCC(=[Se])CC1)C2. The molecule has 0 spiro atoms. The van der Waals surface area contributed by atoms with E-state index in [1.54, 1.807) is 7.11 Å². The first-order valence-corrected chi connectivity index (χ1v) is 8.82. The number of fused-ring (bicyclic) bond motifs is 1. The average Bonchev–Trinajstić information content (AvgIpc) is 2.47. The normalized spacial score (nSPS) is 26.5. The Bertz CT molecular complexity index is 589. The molecule has 4 heteroatoms. The van der Waals surface area contributed by atoms with Gasteiger partial charge in [-0.05, 0) is 0 Å². The molecule has 0 aromatic heterocycles. The molecule has 1 aromatic rings. The number of hydrogen-bond donors (Lipinski definition) is 1. The zero-order valence-corrected chi connectivity index (χ0v) is 15.4. The Hall–Kier alpha value is -0.671. The standard InChI is InChI=1S/C18H25NO2Se/c1-19(2)12-17(18(20)8-6-15(22)7-9-18)11-13-4-5-14(21-3)10-16(13)17/h4-5,10,20H,6-9,11-12H2,1-3H3. The van der Waals surface area contributed by atoms with Crippen molar-refractivity contribution in [2.75, 3.05) is 27.7 Å². The second-order valence-electron chi connectivity index (χ2n) is 7.09. The fourth-order valence-corrected chi connectivity index (χ4v) is 4.69. The zero-order chi connectivity index (χ0) is 16.0. The molecule has 3 nitrogen and oxygen atoms in total. The van der Waals surface area contributed by atoms with Gasteiger partial charge in [0.25, 0.3) is 0 Å². The summed E-state index contributed by atoms with van der Waals surface area (Å²) in [4.78, 5) is 2.21. The number of methoxy groups -OCH3 is 1. The van der Waals surface area contributed by atoms with E-state index in [0.29, 0.717) is 0 Å². The van der Waals surface area contributed by atoms with Crippen molar-refractivity contribution in [3.05, 3.63) is 29.3 Å². The summed E-state index contributed by atoms with van der Waals surface area (Å²) in [6, 6.07) is 6.31. The predicted molar refractivity (Wildman–Crippen MR) is 91.1 cm³/mol. The van der Waals surface area contributed by atoms with Crippen LogP contribution in [0.3, 0.4) is 0 Å². The topological polar surface area (TPSA) is 32.7 Å². The second kappa shape index (κ2) is 5.76. The van der Waals surface area contributed by atoms with Crippen LogP contribution in [-0.2, 0) is 11.8 Å². The Morgan fingerprint density at radius 1 is 1.27 bits per heavy atom. The van der Waals surface area contributed by atoms with Crippen LogP contribution >= 0.6 is 0 Å². The van der Waals surface area contributed by atoms with Crippen LogP contribution in [0.2, 0.25) is 0 Å². The van der Waals surface area contributed by atoms with Crippen molar-refractivity contribution in [1.82, 2.24) is 4.90 Å². The molecule has 0 saturated heterocycles. The average molecular weight is 366 g/mol. The molecule has 0 heterocycles. The van der Waals surface area contributed by atoms with E-state index in [-0.39, 0.29) is 5.41 Å². The molecule has 2 aliphatic carbocycles. The molecule has 120 valence electrons. The van der Waals surface area contributed by atoms with Gasteiger partial charge in [0, 0.05) is 0 Å². The van der Waals surface area contributed by atoms with E-state index in [1.165, 1.54) is 15.5 Å². The molecule has 0 bridgehead atoms. The molecule has 2 aliphatic rings. The number of benzene rings is 1. The van der Waals surface area contributed by atoms with Crippen molar-refractivity contribution >= 4 is 20.0 Å². The summed E-state index contributed by atoms with van der Waals surface area (Å²) in [6.45, 7) is 0.881. The Labute approximate surface area is 141 Å². The number of rotatable bonds is 4. The van der Waals surface area contributed by atoms with Gasteiger partial charge in [-0.3, -0.25) is 0 Å². The maximum absolute atomic E-state index is 11.5. The van der Waals surface area contributed by atoms with Crippen molar-refractivity contribution in [3.8, 4) is 5.75 Å². The number of hydrogen-bond acceptors (Lipinski definition) is 3. The van der Waals surface area contributed by atoms with Crippen LogP contribution < -0.4 is 4.74 Å². The second-order valence-corrected chi connectivity index (χ2v) is 8.30. The number of likely N-dealkylation sites (N-methyl/N-ethyl adjacent to an activating group) is 1. The molecule has 1 unspecified atom stereocenters.